The van der Waals surface area contributed by atoms with Gasteiger partial charge in [-0.05, 0) is 54.3 Å². The molecule has 0 bridgehead atoms. The zero-order valence-electron chi connectivity index (χ0n) is 17.4. The van der Waals surface area contributed by atoms with Crippen molar-refractivity contribution >= 4 is 33.9 Å². The topological polar surface area (TPSA) is 77.5 Å². The largest absolute Gasteiger partial charge is 0.496 e. The van der Waals surface area contributed by atoms with Crippen LogP contribution in [0.5, 0.6) is 5.75 Å². The fourth-order valence-electron chi connectivity index (χ4n) is 4.70. The van der Waals surface area contributed by atoms with Gasteiger partial charge in [0.2, 0.25) is 0 Å². The molecule has 1 aromatic heterocycles. The third-order valence-electron chi connectivity index (χ3n) is 6.10. The number of rotatable bonds is 3. The first-order valence-electron chi connectivity index (χ1n) is 10.3. The van der Waals surface area contributed by atoms with Crippen molar-refractivity contribution < 1.29 is 19.1 Å². The molecule has 156 valence electrons. The van der Waals surface area contributed by atoms with Crippen LogP contribution in [0.15, 0.2) is 54.2 Å². The maximum Gasteiger partial charge on any atom is 0.341 e. The van der Waals surface area contributed by atoms with E-state index in [1.807, 2.05) is 30.3 Å². The number of Topliss-reactive ketones (excluding diaryl/α,β-unsaturated/α-hetero) is 1. The van der Waals surface area contributed by atoms with E-state index in [1.54, 1.807) is 12.3 Å². The van der Waals surface area contributed by atoms with Crippen LogP contribution in [-0.2, 0) is 9.53 Å². The normalized spacial score (nSPS) is 17.6. The number of pyridine rings is 1. The maximum absolute atomic E-state index is 13.1. The van der Waals surface area contributed by atoms with E-state index in [4.69, 9.17) is 9.47 Å². The number of methoxy groups -OCH3 is 2. The number of hydrogen-bond acceptors (Lipinski definition) is 6. The van der Waals surface area contributed by atoms with Gasteiger partial charge in [0, 0.05) is 34.8 Å². The van der Waals surface area contributed by atoms with Gasteiger partial charge in [0.25, 0.3) is 0 Å². The molecule has 1 aliphatic heterocycles. The Morgan fingerprint density at radius 1 is 1.13 bits per heavy atom. The van der Waals surface area contributed by atoms with Crippen LogP contribution in [0, 0.1) is 0 Å². The molecule has 5 rings (SSSR count). The fourth-order valence-corrected chi connectivity index (χ4v) is 4.70. The third kappa shape index (κ3) is 3.06. The lowest BCUT2D eigenvalue weighted by Gasteiger charge is -2.35. The number of aromatic nitrogens is 1. The summed E-state index contributed by atoms with van der Waals surface area (Å²) >= 11 is 0. The first kappa shape index (κ1) is 19.3. The lowest BCUT2D eigenvalue weighted by molar-refractivity contribution is -0.116. The van der Waals surface area contributed by atoms with Gasteiger partial charge in [-0.1, -0.05) is 12.1 Å². The van der Waals surface area contributed by atoms with Crippen molar-refractivity contribution in [3.63, 3.8) is 0 Å². The number of hydrogen-bond donors (Lipinski definition) is 1. The monoisotopic (exact) mass is 414 g/mol. The van der Waals surface area contributed by atoms with E-state index in [0.717, 1.165) is 51.7 Å². The lowest BCUT2D eigenvalue weighted by Crippen LogP contribution is -2.27. The highest BCUT2D eigenvalue weighted by Crippen LogP contribution is 2.48. The van der Waals surface area contributed by atoms with E-state index < -0.39 is 5.97 Å². The highest BCUT2D eigenvalue weighted by molar-refractivity contribution is 6.12. The molecule has 1 N–H and O–H groups in total. The molecule has 6 heteroatoms. The highest BCUT2D eigenvalue weighted by atomic mass is 16.5. The minimum absolute atomic E-state index is 0.154. The second kappa shape index (κ2) is 7.54. The Labute approximate surface area is 179 Å². The number of carbonyl (C=O) groups is 2. The number of carbonyl (C=O) groups excluding carboxylic acids is 2. The predicted octanol–water partition coefficient (Wildman–Crippen LogP) is 4.70. The molecule has 0 radical (unpaired) electrons. The molecule has 6 nitrogen and oxygen atoms in total. The van der Waals surface area contributed by atoms with Crippen molar-refractivity contribution in [1.82, 2.24) is 4.98 Å². The molecule has 0 fully saturated rings. The van der Waals surface area contributed by atoms with Gasteiger partial charge in [0.1, 0.15) is 11.3 Å². The van der Waals surface area contributed by atoms with Gasteiger partial charge in [-0.2, -0.15) is 0 Å². The molecule has 0 spiro atoms. The molecule has 1 atom stereocenters. The van der Waals surface area contributed by atoms with Crippen LogP contribution >= 0.6 is 0 Å². The number of benzene rings is 2. The van der Waals surface area contributed by atoms with Gasteiger partial charge < -0.3 is 14.8 Å². The van der Waals surface area contributed by atoms with E-state index in [-0.39, 0.29) is 11.8 Å². The van der Waals surface area contributed by atoms with E-state index in [9.17, 15) is 9.59 Å². The van der Waals surface area contributed by atoms with Crippen LogP contribution in [0.3, 0.4) is 0 Å². The molecule has 31 heavy (non-hydrogen) atoms. The van der Waals surface area contributed by atoms with Crippen LogP contribution in [0.2, 0.25) is 0 Å². The average molecular weight is 414 g/mol. The summed E-state index contributed by atoms with van der Waals surface area (Å²) < 4.78 is 10.3. The SMILES string of the molecule is COC(=O)c1ccc([C@@H]2Nc3ccc4ncccc4c3C3=C2C(=O)CCC3)cc1OC. The van der Waals surface area contributed by atoms with Crippen LogP contribution in [0.25, 0.3) is 16.5 Å². The van der Waals surface area contributed by atoms with Gasteiger partial charge in [-0.3, -0.25) is 9.78 Å². The predicted molar refractivity (Wildman–Crippen MR) is 118 cm³/mol. The minimum Gasteiger partial charge on any atom is -0.496 e. The number of anilines is 1. The second-order valence-electron chi connectivity index (χ2n) is 7.76. The van der Waals surface area contributed by atoms with Gasteiger partial charge in [-0.25, -0.2) is 4.79 Å². The first-order valence-corrected chi connectivity index (χ1v) is 10.3. The maximum atomic E-state index is 13.1. The molecule has 3 aromatic rings. The molecule has 2 aromatic carbocycles. The summed E-state index contributed by atoms with van der Waals surface area (Å²) in [5.41, 5.74) is 6.07. The second-order valence-corrected chi connectivity index (χ2v) is 7.76. The van der Waals surface area contributed by atoms with Gasteiger partial charge in [-0.15, -0.1) is 0 Å². The van der Waals surface area contributed by atoms with Gasteiger partial charge >= 0.3 is 5.97 Å². The van der Waals surface area contributed by atoms with Crippen molar-refractivity contribution in [2.45, 2.75) is 25.3 Å². The first-order chi connectivity index (χ1) is 15.1. The summed E-state index contributed by atoms with van der Waals surface area (Å²) in [6.45, 7) is 0. The van der Waals surface area contributed by atoms with Crippen molar-refractivity contribution in [2.75, 3.05) is 19.5 Å². The molecule has 0 unspecified atom stereocenters. The molecular formula is C25H22N2O4. The Morgan fingerprint density at radius 2 is 2.00 bits per heavy atom. The quantitative estimate of drug-likeness (QED) is 0.626. The molecule has 0 saturated heterocycles. The number of ether oxygens (including phenoxy) is 2. The van der Waals surface area contributed by atoms with Crippen molar-refractivity contribution in [3.05, 3.63) is 70.9 Å². The minimum atomic E-state index is -0.460. The van der Waals surface area contributed by atoms with E-state index in [2.05, 4.69) is 16.4 Å². The Morgan fingerprint density at radius 3 is 2.81 bits per heavy atom. The summed E-state index contributed by atoms with van der Waals surface area (Å²) in [5, 5.41) is 4.62. The van der Waals surface area contributed by atoms with Crippen LogP contribution in [-0.4, -0.2) is 31.0 Å². The van der Waals surface area contributed by atoms with Crippen LogP contribution in [0.1, 0.15) is 46.8 Å². The van der Waals surface area contributed by atoms with E-state index >= 15 is 0 Å². The Bertz CT molecular complexity index is 1260. The standard InChI is InChI=1S/C25H22N2O4/c1-30-21-13-14(8-9-16(21)25(29)31-2)24-23-17(5-3-7-20(23)28)22-15-6-4-12-26-18(15)10-11-19(22)27-24/h4,6,8-13,24,27H,3,5,7H2,1-2H3/t24-/m0/s1. The third-order valence-corrected chi connectivity index (χ3v) is 6.10. The molecule has 2 aliphatic rings. The summed E-state index contributed by atoms with van der Waals surface area (Å²) in [6.07, 6.45) is 4.00. The lowest BCUT2D eigenvalue weighted by atomic mass is 9.77. The average Bonchev–Trinajstić information content (AvgIpc) is 2.82. The number of esters is 1. The summed E-state index contributed by atoms with van der Waals surface area (Å²) in [6, 6.07) is 13.0. The fraction of sp³-hybridized carbons (Fsp3) is 0.240. The zero-order chi connectivity index (χ0) is 21.5. The van der Waals surface area contributed by atoms with Crippen molar-refractivity contribution in [3.8, 4) is 5.75 Å². The van der Waals surface area contributed by atoms with Crippen LogP contribution < -0.4 is 10.1 Å². The van der Waals surface area contributed by atoms with Crippen LogP contribution in [0.4, 0.5) is 5.69 Å². The Balaban J connectivity index is 1.70. The zero-order valence-corrected chi connectivity index (χ0v) is 17.4. The summed E-state index contributed by atoms with van der Waals surface area (Å²) in [5.74, 6) is 0.115. The molecule has 0 saturated carbocycles. The number of nitrogens with zero attached hydrogens (tertiary/aromatic N) is 1. The number of nitrogens with one attached hydrogen (secondary N) is 1. The van der Waals surface area contributed by atoms with E-state index in [1.165, 1.54) is 14.2 Å². The smallest absolute Gasteiger partial charge is 0.341 e. The molecular weight excluding hydrogens is 392 g/mol. The molecule has 2 heterocycles. The van der Waals surface area contributed by atoms with Gasteiger partial charge in [0.05, 0.1) is 25.8 Å². The summed E-state index contributed by atoms with van der Waals surface area (Å²) in [4.78, 5) is 29.7. The Hall–Kier alpha value is -3.67. The van der Waals surface area contributed by atoms with Crippen molar-refractivity contribution in [2.24, 2.45) is 0 Å². The molecule has 0 amide bonds. The van der Waals surface area contributed by atoms with E-state index in [0.29, 0.717) is 17.7 Å². The number of ketones is 1. The van der Waals surface area contributed by atoms with Crippen molar-refractivity contribution in [1.29, 1.82) is 0 Å². The number of fused-ring (bicyclic) bond motifs is 4. The molecule has 1 aliphatic carbocycles. The number of allylic oxidation sites excluding steroid dienone is 1. The highest BCUT2D eigenvalue weighted by Gasteiger charge is 2.35. The Kier molecular flexibility index (Phi) is 4.70. The summed E-state index contributed by atoms with van der Waals surface area (Å²) in [7, 11) is 2.86. The van der Waals surface area contributed by atoms with Gasteiger partial charge in [0.15, 0.2) is 5.78 Å².